The molecule has 7 heteroatoms. The summed E-state index contributed by atoms with van der Waals surface area (Å²) in [6.07, 6.45) is 1.84. The molecule has 3 atom stereocenters. The first-order valence-corrected chi connectivity index (χ1v) is 13.2. The number of fused-ring (bicyclic) bond motifs is 2. The lowest BCUT2D eigenvalue weighted by atomic mass is 9.87. The van der Waals surface area contributed by atoms with Gasteiger partial charge in [0.25, 0.3) is 0 Å². The quantitative estimate of drug-likeness (QED) is 0.417. The number of aryl methyl sites for hydroxylation is 1. The maximum Gasteiger partial charge on any atom is 0.213 e. The first-order chi connectivity index (χ1) is 16.3. The number of hydrogen-bond acceptors (Lipinski definition) is 3. The maximum atomic E-state index is 13.4. The number of benzene rings is 3. The van der Waals surface area contributed by atoms with Crippen LogP contribution in [-0.4, -0.2) is 41.3 Å². The number of aromatic nitrogens is 2. The van der Waals surface area contributed by atoms with E-state index in [9.17, 15) is 12.8 Å². The van der Waals surface area contributed by atoms with E-state index in [0.717, 1.165) is 22.2 Å². The van der Waals surface area contributed by atoms with Crippen LogP contribution in [0.2, 0.25) is 0 Å². The van der Waals surface area contributed by atoms with E-state index in [-0.39, 0.29) is 22.9 Å². The molecule has 3 aromatic carbocycles. The van der Waals surface area contributed by atoms with Crippen molar-refractivity contribution < 1.29 is 12.8 Å². The number of sulfonamides is 1. The summed E-state index contributed by atoms with van der Waals surface area (Å²) in [7, 11) is -3.26. The molecule has 1 aromatic heterocycles. The highest BCUT2D eigenvalue weighted by Crippen LogP contribution is 2.70. The van der Waals surface area contributed by atoms with E-state index in [1.807, 2.05) is 16.9 Å². The lowest BCUT2D eigenvalue weighted by Gasteiger charge is -2.25. The molecule has 1 aliphatic carbocycles. The van der Waals surface area contributed by atoms with E-state index < -0.39 is 10.0 Å². The lowest BCUT2D eigenvalue weighted by Crippen LogP contribution is -2.35. The number of halogens is 1. The highest BCUT2D eigenvalue weighted by atomic mass is 32.2. The van der Waals surface area contributed by atoms with Crippen molar-refractivity contribution in [2.75, 3.05) is 18.8 Å². The van der Waals surface area contributed by atoms with E-state index in [0.29, 0.717) is 19.0 Å². The summed E-state index contributed by atoms with van der Waals surface area (Å²) in [4.78, 5) is 0. The molecule has 0 unspecified atom stereocenters. The Morgan fingerprint density at radius 3 is 2.53 bits per heavy atom. The third-order valence-electron chi connectivity index (χ3n) is 7.75. The van der Waals surface area contributed by atoms with Crippen molar-refractivity contribution >= 4 is 20.9 Å². The van der Waals surface area contributed by atoms with Gasteiger partial charge in [-0.25, -0.2) is 21.8 Å². The number of piperidine rings is 1. The first kappa shape index (κ1) is 21.5. The molecule has 34 heavy (non-hydrogen) atoms. The van der Waals surface area contributed by atoms with E-state index in [2.05, 4.69) is 48.4 Å². The van der Waals surface area contributed by atoms with Crippen molar-refractivity contribution in [3.63, 3.8) is 0 Å². The second-order valence-corrected chi connectivity index (χ2v) is 11.7. The van der Waals surface area contributed by atoms with Gasteiger partial charge in [0.1, 0.15) is 5.82 Å². The highest BCUT2D eigenvalue weighted by Gasteiger charge is 2.71. The molecule has 2 aliphatic rings. The molecular weight excluding hydrogens is 449 g/mol. The lowest BCUT2D eigenvalue weighted by molar-refractivity contribution is 0.422. The molecular formula is C27H26FN3O2S. The second kappa shape index (κ2) is 7.48. The molecule has 0 spiro atoms. The van der Waals surface area contributed by atoms with Gasteiger partial charge in [-0.3, -0.25) is 0 Å². The van der Waals surface area contributed by atoms with Crippen LogP contribution in [0.4, 0.5) is 4.39 Å². The Labute approximate surface area is 198 Å². The summed E-state index contributed by atoms with van der Waals surface area (Å²) in [6.45, 7) is 4.87. The molecule has 0 bridgehead atoms. The van der Waals surface area contributed by atoms with Crippen molar-refractivity contribution in [2.45, 2.75) is 25.2 Å². The molecule has 174 valence electrons. The Bertz CT molecular complexity index is 1500. The third kappa shape index (κ3) is 3.07. The standard InChI is InChI=1S/C27H26FN3O2S/c1-3-34(32,33)30-16-24-26(19-7-5-4-6-8-19)27(24,17-30)23-14-20-15-29-31(25(20)13-18(23)2)22-11-9-21(28)10-12-22/h4-15,24,26H,3,16-17H2,1-2H3/t24-,26-,27+/m0/s1. The molecule has 2 fully saturated rings. The Morgan fingerprint density at radius 1 is 1.09 bits per heavy atom. The Morgan fingerprint density at radius 2 is 1.82 bits per heavy atom. The van der Waals surface area contributed by atoms with Crippen LogP contribution < -0.4 is 0 Å². The van der Waals surface area contributed by atoms with Crippen LogP contribution in [0.25, 0.3) is 16.6 Å². The van der Waals surface area contributed by atoms with Gasteiger partial charge in [-0.1, -0.05) is 30.3 Å². The Hall–Kier alpha value is -3.03. The summed E-state index contributed by atoms with van der Waals surface area (Å²) >= 11 is 0. The molecule has 0 radical (unpaired) electrons. The zero-order valence-corrected chi connectivity index (χ0v) is 20.0. The summed E-state index contributed by atoms with van der Waals surface area (Å²) in [6, 6.07) is 21.1. The van der Waals surface area contributed by atoms with Crippen LogP contribution in [0.1, 0.15) is 29.5 Å². The van der Waals surface area contributed by atoms with Gasteiger partial charge >= 0.3 is 0 Å². The van der Waals surface area contributed by atoms with Crippen molar-refractivity contribution in [3.05, 3.63) is 95.4 Å². The summed E-state index contributed by atoms with van der Waals surface area (Å²) in [5.74, 6) is 0.381. The van der Waals surface area contributed by atoms with Crippen molar-refractivity contribution in [2.24, 2.45) is 5.92 Å². The third-order valence-corrected chi connectivity index (χ3v) is 9.55. The molecule has 1 aliphatic heterocycles. The van der Waals surface area contributed by atoms with Crippen LogP contribution in [0.5, 0.6) is 0 Å². The fraction of sp³-hybridized carbons (Fsp3) is 0.296. The van der Waals surface area contributed by atoms with Crippen molar-refractivity contribution in [1.29, 1.82) is 0 Å². The number of hydrogen-bond donors (Lipinski definition) is 0. The monoisotopic (exact) mass is 475 g/mol. The summed E-state index contributed by atoms with van der Waals surface area (Å²) in [5.41, 5.74) is 5.10. The fourth-order valence-corrected chi connectivity index (χ4v) is 7.25. The predicted octanol–water partition coefficient (Wildman–Crippen LogP) is 4.79. The van der Waals surface area contributed by atoms with Crippen LogP contribution in [0, 0.1) is 18.7 Å². The second-order valence-electron chi connectivity index (χ2n) is 9.49. The normalized spacial score (nSPS) is 24.4. The van der Waals surface area contributed by atoms with Crippen LogP contribution in [0.15, 0.2) is 72.9 Å². The Kier molecular flexibility index (Phi) is 4.73. The van der Waals surface area contributed by atoms with E-state index in [1.165, 1.54) is 23.3 Å². The zero-order chi connectivity index (χ0) is 23.7. The molecule has 6 rings (SSSR count). The van der Waals surface area contributed by atoms with Crippen molar-refractivity contribution in [1.82, 2.24) is 14.1 Å². The maximum absolute atomic E-state index is 13.4. The Balaban J connectivity index is 1.47. The minimum atomic E-state index is -3.26. The zero-order valence-electron chi connectivity index (χ0n) is 19.1. The molecule has 1 saturated carbocycles. The fourth-order valence-electron chi connectivity index (χ4n) is 6.08. The summed E-state index contributed by atoms with van der Waals surface area (Å²) < 4.78 is 42.4. The average Bonchev–Trinajstić information content (AvgIpc) is 3.11. The molecule has 4 aromatic rings. The van der Waals surface area contributed by atoms with E-state index in [4.69, 9.17) is 0 Å². The largest absolute Gasteiger partial charge is 0.233 e. The minimum absolute atomic E-state index is 0.119. The van der Waals surface area contributed by atoms with E-state index in [1.54, 1.807) is 23.4 Å². The van der Waals surface area contributed by atoms with Gasteiger partial charge in [-0.2, -0.15) is 5.10 Å². The summed E-state index contributed by atoms with van der Waals surface area (Å²) in [5, 5.41) is 5.57. The van der Waals surface area contributed by atoms with Crippen molar-refractivity contribution in [3.8, 4) is 5.69 Å². The molecule has 2 heterocycles. The smallest absolute Gasteiger partial charge is 0.213 e. The van der Waals surface area contributed by atoms with Gasteiger partial charge < -0.3 is 0 Å². The topological polar surface area (TPSA) is 55.2 Å². The molecule has 0 N–H and O–H groups in total. The average molecular weight is 476 g/mol. The molecule has 5 nitrogen and oxygen atoms in total. The SMILES string of the molecule is CCS(=O)(=O)N1C[C@H]2[C@H](c3ccccc3)[C@@]2(c2cc3cnn(-c4ccc(F)cc4)c3cc2C)C1. The van der Waals surface area contributed by atoms with Crippen LogP contribution >= 0.6 is 0 Å². The first-order valence-electron chi connectivity index (χ1n) is 11.6. The number of rotatable bonds is 5. The number of nitrogens with zero attached hydrogens (tertiary/aromatic N) is 3. The van der Waals surface area contributed by atoms with Gasteiger partial charge in [-0.05, 0) is 72.9 Å². The van der Waals surface area contributed by atoms with Gasteiger partial charge in [-0.15, -0.1) is 0 Å². The van der Waals surface area contributed by atoms with Gasteiger partial charge in [0.05, 0.1) is 23.2 Å². The van der Waals surface area contributed by atoms with E-state index >= 15 is 0 Å². The van der Waals surface area contributed by atoms with Gasteiger partial charge in [0.15, 0.2) is 0 Å². The van der Waals surface area contributed by atoms with Gasteiger partial charge in [0, 0.05) is 29.8 Å². The molecule has 0 amide bonds. The minimum Gasteiger partial charge on any atom is -0.233 e. The van der Waals surface area contributed by atoms with Crippen LogP contribution in [0.3, 0.4) is 0 Å². The van der Waals surface area contributed by atoms with Gasteiger partial charge in [0.2, 0.25) is 10.0 Å². The highest BCUT2D eigenvalue weighted by molar-refractivity contribution is 7.89. The molecule has 1 saturated heterocycles. The van der Waals surface area contributed by atoms with Crippen LogP contribution in [-0.2, 0) is 15.4 Å². The predicted molar refractivity (Wildman–Crippen MR) is 131 cm³/mol.